The topological polar surface area (TPSA) is 26.0 Å². The molecule has 0 saturated carbocycles. The zero-order valence-electron chi connectivity index (χ0n) is 10.5. The molecular formula is C14H10BrF4NS. The third kappa shape index (κ3) is 4.14. The van der Waals surface area contributed by atoms with Crippen molar-refractivity contribution in [2.45, 2.75) is 16.8 Å². The summed E-state index contributed by atoms with van der Waals surface area (Å²) in [7, 11) is 0. The maximum absolute atomic E-state index is 13.1. The molecule has 0 unspecified atom stereocenters. The molecule has 0 aliphatic heterocycles. The average Bonchev–Trinajstić information content (AvgIpc) is 2.40. The molecule has 0 aliphatic rings. The van der Waals surface area contributed by atoms with E-state index in [4.69, 9.17) is 5.73 Å². The highest BCUT2D eigenvalue weighted by Gasteiger charge is 2.30. The van der Waals surface area contributed by atoms with Gasteiger partial charge in [-0.05, 0) is 51.8 Å². The van der Waals surface area contributed by atoms with Gasteiger partial charge in [0.2, 0.25) is 0 Å². The van der Waals surface area contributed by atoms with Crippen molar-refractivity contribution in [1.82, 2.24) is 0 Å². The highest BCUT2D eigenvalue weighted by molar-refractivity contribution is 9.10. The minimum Gasteiger partial charge on any atom is -0.398 e. The first kappa shape index (κ1) is 16.2. The zero-order valence-corrected chi connectivity index (χ0v) is 12.9. The van der Waals surface area contributed by atoms with Crippen molar-refractivity contribution in [2.24, 2.45) is 0 Å². The van der Waals surface area contributed by atoms with Crippen molar-refractivity contribution in [1.29, 1.82) is 0 Å². The number of nitrogen functional groups attached to an aromatic ring is 1. The molecule has 2 aromatic rings. The van der Waals surface area contributed by atoms with Crippen LogP contribution in [0.25, 0.3) is 0 Å². The minimum atomic E-state index is -4.40. The first-order valence-electron chi connectivity index (χ1n) is 5.81. The van der Waals surface area contributed by atoms with Gasteiger partial charge < -0.3 is 5.73 Å². The highest BCUT2D eigenvalue weighted by Crippen LogP contribution is 2.35. The van der Waals surface area contributed by atoms with E-state index in [1.54, 1.807) is 12.1 Å². The summed E-state index contributed by atoms with van der Waals surface area (Å²) in [5.74, 6) is 0.117. The fourth-order valence-electron chi connectivity index (χ4n) is 1.65. The normalized spacial score (nSPS) is 11.7. The Labute approximate surface area is 131 Å². The summed E-state index contributed by atoms with van der Waals surface area (Å²) < 4.78 is 51.0. The Kier molecular flexibility index (Phi) is 4.83. The summed E-state index contributed by atoms with van der Waals surface area (Å²) >= 11 is 4.38. The van der Waals surface area contributed by atoms with Crippen molar-refractivity contribution in [2.75, 3.05) is 5.73 Å². The van der Waals surface area contributed by atoms with Gasteiger partial charge in [0.1, 0.15) is 5.82 Å². The summed E-state index contributed by atoms with van der Waals surface area (Å²) in [5.41, 5.74) is 5.80. The summed E-state index contributed by atoms with van der Waals surface area (Å²) in [6.07, 6.45) is -4.40. The van der Waals surface area contributed by atoms with Crippen LogP contribution < -0.4 is 5.73 Å². The molecule has 0 heterocycles. The van der Waals surface area contributed by atoms with Crippen molar-refractivity contribution in [3.05, 3.63) is 57.8 Å². The standard InChI is InChI=1S/C14H10BrF4NS/c15-10-5-8(1-3-11(10)16)7-21-13-4-2-9(6-12(13)20)14(17,18)19/h1-6H,7,20H2. The number of nitrogens with two attached hydrogens (primary N) is 1. The van der Waals surface area contributed by atoms with Gasteiger partial charge in [0.25, 0.3) is 0 Å². The van der Waals surface area contributed by atoms with Crippen molar-refractivity contribution >= 4 is 33.4 Å². The molecule has 2 rings (SSSR count). The fourth-order valence-corrected chi connectivity index (χ4v) is 2.96. The lowest BCUT2D eigenvalue weighted by atomic mass is 10.2. The molecule has 0 bridgehead atoms. The van der Waals surface area contributed by atoms with Gasteiger partial charge >= 0.3 is 6.18 Å². The Balaban J connectivity index is 2.11. The summed E-state index contributed by atoms with van der Waals surface area (Å²) in [5, 5.41) is 0. The molecule has 21 heavy (non-hydrogen) atoms. The number of hydrogen-bond donors (Lipinski definition) is 1. The number of benzene rings is 2. The van der Waals surface area contributed by atoms with Gasteiger partial charge in [-0.1, -0.05) is 6.07 Å². The summed E-state index contributed by atoms with van der Waals surface area (Å²) in [6.45, 7) is 0. The first-order chi connectivity index (χ1) is 9.77. The van der Waals surface area contributed by atoms with Gasteiger partial charge in [0.15, 0.2) is 0 Å². The van der Waals surface area contributed by atoms with E-state index in [0.29, 0.717) is 15.1 Å². The molecule has 0 fully saturated rings. The van der Waals surface area contributed by atoms with Gasteiger partial charge in [-0.15, -0.1) is 11.8 Å². The smallest absolute Gasteiger partial charge is 0.398 e. The predicted octanol–water partition coefficient (Wildman–Crippen LogP) is 5.48. The third-order valence-electron chi connectivity index (χ3n) is 2.72. The van der Waals surface area contributed by atoms with Crippen LogP contribution in [0.15, 0.2) is 45.8 Å². The molecule has 2 aromatic carbocycles. The second-order valence-electron chi connectivity index (χ2n) is 4.29. The van der Waals surface area contributed by atoms with Crippen LogP contribution in [0.3, 0.4) is 0 Å². The maximum atomic E-state index is 13.1. The van der Waals surface area contributed by atoms with E-state index in [-0.39, 0.29) is 11.5 Å². The predicted molar refractivity (Wildman–Crippen MR) is 79.5 cm³/mol. The van der Waals surface area contributed by atoms with Crippen molar-refractivity contribution in [3.8, 4) is 0 Å². The average molecular weight is 380 g/mol. The van der Waals surface area contributed by atoms with Crippen LogP contribution in [0.2, 0.25) is 0 Å². The molecule has 2 N–H and O–H groups in total. The molecule has 112 valence electrons. The van der Waals surface area contributed by atoms with Crippen LogP contribution in [0.4, 0.5) is 23.2 Å². The molecule has 0 amide bonds. The van der Waals surface area contributed by atoms with Crippen molar-refractivity contribution in [3.63, 3.8) is 0 Å². The highest BCUT2D eigenvalue weighted by atomic mass is 79.9. The minimum absolute atomic E-state index is 0.0796. The zero-order chi connectivity index (χ0) is 15.6. The molecule has 0 saturated heterocycles. The SMILES string of the molecule is Nc1cc(C(F)(F)F)ccc1SCc1ccc(F)c(Br)c1. The van der Waals surface area contributed by atoms with Gasteiger partial charge in [0.05, 0.1) is 10.0 Å². The number of alkyl halides is 3. The largest absolute Gasteiger partial charge is 0.416 e. The second-order valence-corrected chi connectivity index (χ2v) is 6.16. The fraction of sp³-hybridized carbons (Fsp3) is 0.143. The van der Waals surface area contributed by atoms with E-state index in [0.717, 1.165) is 17.7 Å². The molecule has 7 heteroatoms. The van der Waals surface area contributed by atoms with Gasteiger partial charge in [-0.3, -0.25) is 0 Å². The van der Waals surface area contributed by atoms with Crippen LogP contribution in [0.1, 0.15) is 11.1 Å². The first-order valence-corrected chi connectivity index (χ1v) is 7.58. The lowest BCUT2D eigenvalue weighted by Gasteiger charge is -2.10. The van der Waals surface area contributed by atoms with Gasteiger partial charge in [0, 0.05) is 16.3 Å². The molecule has 0 spiro atoms. The molecule has 0 aromatic heterocycles. The maximum Gasteiger partial charge on any atom is 0.416 e. The van der Waals surface area contributed by atoms with Gasteiger partial charge in [-0.25, -0.2) is 4.39 Å². The molecule has 0 radical (unpaired) electrons. The van der Waals surface area contributed by atoms with E-state index in [2.05, 4.69) is 15.9 Å². The number of rotatable bonds is 3. The van der Waals surface area contributed by atoms with Crippen LogP contribution in [-0.4, -0.2) is 0 Å². The number of thioether (sulfide) groups is 1. The van der Waals surface area contributed by atoms with E-state index in [1.807, 2.05) is 0 Å². The molecule has 0 aliphatic carbocycles. The lowest BCUT2D eigenvalue weighted by Crippen LogP contribution is -2.05. The lowest BCUT2D eigenvalue weighted by molar-refractivity contribution is -0.137. The van der Waals surface area contributed by atoms with Crippen LogP contribution in [-0.2, 0) is 11.9 Å². The number of anilines is 1. The van der Waals surface area contributed by atoms with E-state index >= 15 is 0 Å². The molecule has 0 atom stereocenters. The monoisotopic (exact) mass is 379 g/mol. The Morgan fingerprint density at radius 1 is 1.10 bits per heavy atom. The Hall–Kier alpha value is -1.21. The van der Waals surface area contributed by atoms with Crippen LogP contribution in [0, 0.1) is 5.82 Å². The van der Waals surface area contributed by atoms with E-state index in [9.17, 15) is 17.6 Å². The van der Waals surface area contributed by atoms with Crippen LogP contribution in [0.5, 0.6) is 0 Å². The van der Waals surface area contributed by atoms with Crippen LogP contribution >= 0.6 is 27.7 Å². The molecular weight excluding hydrogens is 370 g/mol. The summed E-state index contributed by atoms with van der Waals surface area (Å²) in [6, 6.07) is 7.84. The summed E-state index contributed by atoms with van der Waals surface area (Å²) in [4.78, 5) is 0.559. The number of hydrogen-bond acceptors (Lipinski definition) is 2. The Bertz CT molecular complexity index is 658. The second kappa shape index (κ2) is 6.27. The molecule has 1 nitrogen and oxygen atoms in total. The van der Waals surface area contributed by atoms with E-state index in [1.165, 1.54) is 23.9 Å². The quantitative estimate of drug-likeness (QED) is 0.434. The third-order valence-corrected chi connectivity index (χ3v) is 4.48. The van der Waals surface area contributed by atoms with Gasteiger partial charge in [-0.2, -0.15) is 13.2 Å². The van der Waals surface area contributed by atoms with Crippen molar-refractivity contribution < 1.29 is 17.6 Å². The Morgan fingerprint density at radius 2 is 1.81 bits per heavy atom. The van der Waals surface area contributed by atoms with E-state index < -0.39 is 11.7 Å². The Morgan fingerprint density at radius 3 is 2.38 bits per heavy atom. The number of halogens is 5.